The second kappa shape index (κ2) is 8.16. The molecule has 0 saturated heterocycles. The lowest BCUT2D eigenvalue weighted by Gasteiger charge is -2.17. The van der Waals surface area contributed by atoms with Crippen molar-refractivity contribution in [3.63, 3.8) is 0 Å². The molecule has 0 aromatic heterocycles. The molecule has 8 heteroatoms. The molecule has 0 heterocycles. The standard InChI is InChI=1S/C21H17F3O4S/c1-15-8-7-13-19(27-14-16-9-3-2-4-10-16)20(15)17-11-5-6-12-18(17)28-29(25,26)21(22,23)24/h2-13H,14H2,1H3. The van der Waals surface area contributed by atoms with E-state index < -0.39 is 21.4 Å². The minimum Gasteiger partial charge on any atom is -0.488 e. The van der Waals surface area contributed by atoms with E-state index in [4.69, 9.17) is 4.74 Å². The third-order valence-electron chi connectivity index (χ3n) is 4.11. The van der Waals surface area contributed by atoms with Crippen molar-refractivity contribution in [3.05, 3.63) is 83.9 Å². The Morgan fingerprint density at radius 1 is 0.828 bits per heavy atom. The summed E-state index contributed by atoms with van der Waals surface area (Å²) in [5.41, 5.74) is -3.29. The maximum Gasteiger partial charge on any atom is 0.534 e. The smallest absolute Gasteiger partial charge is 0.488 e. The number of halogens is 3. The summed E-state index contributed by atoms with van der Waals surface area (Å²) < 4.78 is 71.7. The lowest BCUT2D eigenvalue weighted by molar-refractivity contribution is -0.0499. The van der Waals surface area contributed by atoms with Crippen LogP contribution in [0, 0.1) is 6.92 Å². The van der Waals surface area contributed by atoms with Crippen molar-refractivity contribution in [2.75, 3.05) is 0 Å². The van der Waals surface area contributed by atoms with Gasteiger partial charge in [-0.1, -0.05) is 60.7 Å². The number of hydrogen-bond acceptors (Lipinski definition) is 4. The van der Waals surface area contributed by atoms with Gasteiger partial charge >= 0.3 is 15.6 Å². The highest BCUT2D eigenvalue weighted by Crippen LogP contribution is 2.40. The molecule has 0 bridgehead atoms. The van der Waals surface area contributed by atoms with Gasteiger partial charge in [0.15, 0.2) is 5.75 Å². The van der Waals surface area contributed by atoms with Crippen LogP contribution in [0.25, 0.3) is 11.1 Å². The Hall–Kier alpha value is -3.00. The quantitative estimate of drug-likeness (QED) is 0.391. The molecule has 0 unspecified atom stereocenters. The fourth-order valence-corrected chi connectivity index (χ4v) is 3.23. The van der Waals surface area contributed by atoms with Gasteiger partial charge in [0.2, 0.25) is 0 Å². The van der Waals surface area contributed by atoms with Crippen LogP contribution < -0.4 is 8.92 Å². The zero-order chi connectivity index (χ0) is 21.1. The average Bonchev–Trinajstić information content (AvgIpc) is 2.67. The fraction of sp³-hybridized carbons (Fsp3) is 0.143. The van der Waals surface area contributed by atoms with E-state index in [1.165, 1.54) is 18.2 Å². The van der Waals surface area contributed by atoms with Gasteiger partial charge in [-0.3, -0.25) is 0 Å². The van der Waals surface area contributed by atoms with E-state index in [-0.39, 0.29) is 12.2 Å². The highest BCUT2D eigenvalue weighted by Gasteiger charge is 2.48. The van der Waals surface area contributed by atoms with Gasteiger partial charge in [-0.2, -0.15) is 21.6 Å². The van der Waals surface area contributed by atoms with Gasteiger partial charge in [0.05, 0.1) is 0 Å². The summed E-state index contributed by atoms with van der Waals surface area (Å²) in [6, 6.07) is 20.1. The summed E-state index contributed by atoms with van der Waals surface area (Å²) >= 11 is 0. The molecule has 29 heavy (non-hydrogen) atoms. The first kappa shape index (κ1) is 20.7. The van der Waals surface area contributed by atoms with E-state index in [0.717, 1.165) is 5.56 Å². The van der Waals surface area contributed by atoms with E-state index >= 15 is 0 Å². The van der Waals surface area contributed by atoms with E-state index in [1.54, 1.807) is 31.2 Å². The molecule has 0 aliphatic rings. The van der Waals surface area contributed by atoms with Gasteiger partial charge in [0, 0.05) is 11.1 Å². The third-order valence-corrected chi connectivity index (χ3v) is 5.08. The summed E-state index contributed by atoms with van der Waals surface area (Å²) in [5, 5.41) is 0. The molecular weight excluding hydrogens is 405 g/mol. The highest BCUT2D eigenvalue weighted by atomic mass is 32.2. The molecule has 3 rings (SSSR count). The van der Waals surface area contributed by atoms with Gasteiger partial charge in [-0.15, -0.1) is 0 Å². The molecule has 4 nitrogen and oxygen atoms in total. The summed E-state index contributed by atoms with van der Waals surface area (Å²) in [5.74, 6) is -0.0296. The van der Waals surface area contributed by atoms with Crippen LogP contribution in [0.4, 0.5) is 13.2 Å². The summed E-state index contributed by atoms with van der Waals surface area (Å²) in [7, 11) is -5.80. The Kier molecular flexibility index (Phi) is 5.83. The minimum absolute atomic E-state index is 0.182. The van der Waals surface area contributed by atoms with Crippen molar-refractivity contribution in [1.29, 1.82) is 0 Å². The number of aryl methyl sites for hydroxylation is 1. The van der Waals surface area contributed by atoms with Gasteiger partial charge in [0.25, 0.3) is 0 Å². The SMILES string of the molecule is Cc1cccc(OCc2ccccc2)c1-c1ccccc1OS(=O)(=O)C(F)(F)F. The van der Waals surface area contributed by atoms with Gasteiger partial charge in [-0.05, 0) is 30.2 Å². The Morgan fingerprint density at radius 2 is 1.45 bits per heavy atom. The van der Waals surface area contributed by atoms with Crippen LogP contribution in [0.15, 0.2) is 72.8 Å². The molecule has 0 radical (unpaired) electrons. The lowest BCUT2D eigenvalue weighted by Crippen LogP contribution is -2.28. The van der Waals surface area contributed by atoms with Gasteiger partial charge < -0.3 is 8.92 Å². The first-order valence-corrected chi connectivity index (χ1v) is 9.96. The van der Waals surface area contributed by atoms with Crippen LogP contribution in [0.3, 0.4) is 0 Å². The molecule has 0 fully saturated rings. The Balaban J connectivity index is 2.01. The first-order chi connectivity index (χ1) is 13.7. The number of alkyl halides is 3. The number of benzene rings is 3. The monoisotopic (exact) mass is 422 g/mol. The van der Waals surface area contributed by atoms with E-state index in [9.17, 15) is 21.6 Å². The van der Waals surface area contributed by atoms with Crippen LogP contribution >= 0.6 is 0 Å². The zero-order valence-corrected chi connectivity index (χ0v) is 16.1. The van der Waals surface area contributed by atoms with Crippen LogP contribution in [-0.4, -0.2) is 13.9 Å². The topological polar surface area (TPSA) is 52.6 Å². The molecule has 3 aromatic rings. The van der Waals surface area contributed by atoms with Crippen LogP contribution in [-0.2, 0) is 16.7 Å². The predicted octanol–water partition coefficient (Wildman–Crippen LogP) is 5.47. The molecule has 152 valence electrons. The van der Waals surface area contributed by atoms with Crippen molar-refractivity contribution in [1.82, 2.24) is 0 Å². The number of hydrogen-bond donors (Lipinski definition) is 0. The second-order valence-electron chi connectivity index (χ2n) is 6.20. The Morgan fingerprint density at radius 3 is 2.14 bits per heavy atom. The van der Waals surface area contributed by atoms with E-state index in [2.05, 4.69) is 4.18 Å². The summed E-state index contributed by atoms with van der Waals surface area (Å²) in [6.45, 7) is 1.99. The summed E-state index contributed by atoms with van der Waals surface area (Å²) in [6.07, 6.45) is 0. The molecule has 0 amide bonds. The fourth-order valence-electron chi connectivity index (χ4n) is 2.75. The predicted molar refractivity (Wildman–Crippen MR) is 103 cm³/mol. The Labute approximate surface area is 166 Å². The third kappa shape index (κ3) is 4.71. The normalized spacial score (nSPS) is 11.9. The summed E-state index contributed by atoms with van der Waals surface area (Å²) in [4.78, 5) is 0. The van der Waals surface area contributed by atoms with Crippen molar-refractivity contribution >= 4 is 10.1 Å². The van der Waals surface area contributed by atoms with Crippen LogP contribution in [0.1, 0.15) is 11.1 Å². The highest BCUT2D eigenvalue weighted by molar-refractivity contribution is 7.88. The zero-order valence-electron chi connectivity index (χ0n) is 15.3. The second-order valence-corrected chi connectivity index (χ2v) is 7.74. The van der Waals surface area contributed by atoms with Crippen molar-refractivity contribution in [2.45, 2.75) is 19.0 Å². The molecule has 0 spiro atoms. The van der Waals surface area contributed by atoms with Crippen molar-refractivity contribution in [3.8, 4) is 22.6 Å². The molecule has 0 saturated carbocycles. The Bertz CT molecular complexity index is 1090. The van der Waals surface area contributed by atoms with Crippen LogP contribution in [0.2, 0.25) is 0 Å². The van der Waals surface area contributed by atoms with E-state index in [1.807, 2.05) is 30.3 Å². The minimum atomic E-state index is -5.80. The molecular formula is C21H17F3O4S. The maximum atomic E-state index is 12.8. The van der Waals surface area contributed by atoms with E-state index in [0.29, 0.717) is 16.9 Å². The number of rotatable bonds is 6. The molecule has 0 atom stereocenters. The number of ether oxygens (including phenoxy) is 1. The van der Waals surface area contributed by atoms with Gasteiger partial charge in [0.1, 0.15) is 12.4 Å². The lowest BCUT2D eigenvalue weighted by atomic mass is 9.98. The van der Waals surface area contributed by atoms with Crippen molar-refractivity contribution in [2.24, 2.45) is 0 Å². The number of para-hydroxylation sites is 1. The molecule has 0 N–H and O–H groups in total. The molecule has 0 aliphatic carbocycles. The first-order valence-electron chi connectivity index (χ1n) is 8.55. The van der Waals surface area contributed by atoms with Crippen molar-refractivity contribution < 1.29 is 30.5 Å². The maximum absolute atomic E-state index is 12.8. The largest absolute Gasteiger partial charge is 0.534 e. The molecule has 3 aromatic carbocycles. The van der Waals surface area contributed by atoms with Crippen LogP contribution in [0.5, 0.6) is 11.5 Å². The molecule has 0 aliphatic heterocycles. The average molecular weight is 422 g/mol. The van der Waals surface area contributed by atoms with Gasteiger partial charge in [-0.25, -0.2) is 0 Å².